The highest BCUT2D eigenvalue weighted by Crippen LogP contribution is 2.43. The van der Waals surface area contributed by atoms with Crippen LogP contribution in [0, 0.1) is 5.41 Å². The van der Waals surface area contributed by atoms with Gasteiger partial charge >= 0.3 is 0 Å². The zero-order valence-electron chi connectivity index (χ0n) is 11.3. The molecule has 1 aliphatic carbocycles. The summed E-state index contributed by atoms with van der Waals surface area (Å²) in [5.41, 5.74) is 6.77. The fraction of sp³-hybridized carbons (Fsp3) is 0.786. The summed E-state index contributed by atoms with van der Waals surface area (Å²) in [6, 6.07) is 0. The van der Waals surface area contributed by atoms with Crippen LogP contribution in [0.1, 0.15) is 56.6 Å². The van der Waals surface area contributed by atoms with Crippen molar-refractivity contribution in [2.45, 2.75) is 51.0 Å². The zero-order valence-corrected chi connectivity index (χ0v) is 11.3. The second-order valence-corrected chi connectivity index (χ2v) is 5.68. The molecule has 4 nitrogen and oxygen atoms in total. The Morgan fingerprint density at radius 1 is 1.33 bits per heavy atom. The average Bonchev–Trinajstić information content (AvgIpc) is 2.76. The van der Waals surface area contributed by atoms with Crippen molar-refractivity contribution in [2.75, 3.05) is 6.54 Å². The first-order valence-corrected chi connectivity index (χ1v) is 7.05. The molecule has 18 heavy (non-hydrogen) atoms. The number of nitrogens with two attached hydrogens (primary N) is 1. The normalized spacial score (nSPS) is 22.2. The van der Waals surface area contributed by atoms with Crippen LogP contribution < -0.4 is 5.73 Å². The van der Waals surface area contributed by atoms with E-state index >= 15 is 0 Å². The lowest BCUT2D eigenvalue weighted by atomic mass is 9.70. The van der Waals surface area contributed by atoms with Gasteiger partial charge in [-0.1, -0.05) is 32.1 Å². The van der Waals surface area contributed by atoms with E-state index < -0.39 is 6.10 Å². The average molecular weight is 251 g/mol. The molecule has 0 aromatic carbocycles. The van der Waals surface area contributed by atoms with Crippen molar-refractivity contribution in [1.82, 2.24) is 9.78 Å². The van der Waals surface area contributed by atoms with Gasteiger partial charge in [0.15, 0.2) is 0 Å². The summed E-state index contributed by atoms with van der Waals surface area (Å²) in [4.78, 5) is 0. The zero-order chi connectivity index (χ0) is 13.0. The molecule has 0 amide bonds. The van der Waals surface area contributed by atoms with Gasteiger partial charge in [0.2, 0.25) is 0 Å². The van der Waals surface area contributed by atoms with Gasteiger partial charge in [-0.3, -0.25) is 4.68 Å². The van der Waals surface area contributed by atoms with Crippen LogP contribution in [0.2, 0.25) is 0 Å². The molecule has 1 atom stereocenters. The SMILES string of the molecule is Cn1cc(C(O)C2(CN)CCCCCCC2)cn1. The Bertz CT molecular complexity index is 367. The molecule has 1 unspecified atom stereocenters. The Hall–Kier alpha value is -0.870. The number of hydrogen-bond acceptors (Lipinski definition) is 3. The van der Waals surface area contributed by atoms with Crippen LogP contribution in [0.4, 0.5) is 0 Å². The Kier molecular flexibility index (Phi) is 4.40. The number of aryl methyl sites for hydroxylation is 1. The molecular formula is C14H25N3O. The number of hydrogen-bond donors (Lipinski definition) is 2. The van der Waals surface area contributed by atoms with E-state index in [9.17, 15) is 5.11 Å². The van der Waals surface area contributed by atoms with E-state index in [-0.39, 0.29) is 5.41 Å². The third-order valence-electron chi connectivity index (χ3n) is 4.38. The Balaban J connectivity index is 2.18. The molecule has 1 aliphatic rings. The second-order valence-electron chi connectivity index (χ2n) is 5.68. The first-order valence-electron chi connectivity index (χ1n) is 7.05. The molecule has 1 heterocycles. The number of rotatable bonds is 3. The summed E-state index contributed by atoms with van der Waals surface area (Å²) in [6.07, 6.45) is 11.4. The van der Waals surface area contributed by atoms with Gasteiger partial charge in [0.05, 0.1) is 12.3 Å². The van der Waals surface area contributed by atoms with E-state index in [1.807, 2.05) is 13.2 Å². The summed E-state index contributed by atoms with van der Waals surface area (Å²) in [5.74, 6) is 0. The highest BCUT2D eigenvalue weighted by molar-refractivity contribution is 5.12. The Labute approximate surface area is 109 Å². The largest absolute Gasteiger partial charge is 0.388 e. The number of aliphatic hydroxyl groups is 1. The topological polar surface area (TPSA) is 64.1 Å². The van der Waals surface area contributed by atoms with Gasteiger partial charge < -0.3 is 10.8 Å². The van der Waals surface area contributed by atoms with E-state index in [2.05, 4.69) is 5.10 Å². The maximum absolute atomic E-state index is 10.7. The lowest BCUT2D eigenvalue weighted by Crippen LogP contribution is -2.37. The van der Waals surface area contributed by atoms with Gasteiger partial charge in [-0.2, -0.15) is 5.10 Å². The monoisotopic (exact) mass is 251 g/mol. The summed E-state index contributed by atoms with van der Waals surface area (Å²) < 4.78 is 1.74. The maximum Gasteiger partial charge on any atom is 0.0888 e. The van der Waals surface area contributed by atoms with E-state index in [4.69, 9.17) is 5.73 Å². The predicted octanol–water partition coefficient (Wildman–Crippen LogP) is 2.14. The van der Waals surface area contributed by atoms with Gasteiger partial charge in [0.25, 0.3) is 0 Å². The van der Waals surface area contributed by atoms with Gasteiger partial charge in [-0.05, 0) is 12.8 Å². The van der Waals surface area contributed by atoms with E-state index in [0.29, 0.717) is 6.54 Å². The van der Waals surface area contributed by atoms with E-state index in [0.717, 1.165) is 18.4 Å². The van der Waals surface area contributed by atoms with Crippen molar-refractivity contribution in [3.8, 4) is 0 Å². The molecule has 0 radical (unpaired) electrons. The molecule has 0 saturated heterocycles. The lowest BCUT2D eigenvalue weighted by Gasteiger charge is -2.38. The van der Waals surface area contributed by atoms with Crippen LogP contribution in [0.5, 0.6) is 0 Å². The number of aliphatic hydroxyl groups excluding tert-OH is 1. The molecule has 1 saturated carbocycles. The molecular weight excluding hydrogens is 226 g/mol. The van der Waals surface area contributed by atoms with Crippen LogP contribution in [0.25, 0.3) is 0 Å². The molecule has 0 bridgehead atoms. The lowest BCUT2D eigenvalue weighted by molar-refractivity contribution is 0.00844. The van der Waals surface area contributed by atoms with Gasteiger partial charge in [0, 0.05) is 30.8 Å². The molecule has 1 fully saturated rings. The smallest absolute Gasteiger partial charge is 0.0888 e. The fourth-order valence-corrected chi connectivity index (χ4v) is 3.13. The summed E-state index contributed by atoms with van der Waals surface area (Å²) in [5, 5.41) is 14.8. The summed E-state index contributed by atoms with van der Waals surface area (Å²) in [7, 11) is 1.88. The highest BCUT2D eigenvalue weighted by atomic mass is 16.3. The molecule has 3 N–H and O–H groups in total. The van der Waals surface area contributed by atoms with Crippen LogP contribution >= 0.6 is 0 Å². The van der Waals surface area contributed by atoms with Crippen LogP contribution in [0.15, 0.2) is 12.4 Å². The van der Waals surface area contributed by atoms with E-state index in [1.54, 1.807) is 10.9 Å². The molecule has 0 aliphatic heterocycles. The molecule has 1 aromatic heterocycles. The Morgan fingerprint density at radius 2 is 1.94 bits per heavy atom. The van der Waals surface area contributed by atoms with Gasteiger partial charge in [0.1, 0.15) is 0 Å². The molecule has 2 rings (SSSR count). The standard InChI is InChI=1S/C14H25N3O/c1-17-10-12(9-16-17)13(18)14(11-15)7-5-3-2-4-6-8-14/h9-10,13,18H,2-8,11,15H2,1H3. The van der Waals surface area contributed by atoms with Crippen LogP contribution in [-0.4, -0.2) is 21.4 Å². The van der Waals surface area contributed by atoms with Crippen LogP contribution in [-0.2, 0) is 7.05 Å². The molecule has 4 heteroatoms. The van der Waals surface area contributed by atoms with Crippen molar-refractivity contribution < 1.29 is 5.11 Å². The molecule has 102 valence electrons. The van der Waals surface area contributed by atoms with Crippen molar-refractivity contribution >= 4 is 0 Å². The first kappa shape index (κ1) is 13.6. The third-order valence-corrected chi connectivity index (χ3v) is 4.38. The second kappa shape index (κ2) is 5.85. The third kappa shape index (κ3) is 2.75. The van der Waals surface area contributed by atoms with E-state index in [1.165, 1.54) is 32.1 Å². The molecule has 1 aromatic rings. The maximum atomic E-state index is 10.7. The molecule has 0 spiro atoms. The predicted molar refractivity (Wildman–Crippen MR) is 72.0 cm³/mol. The van der Waals surface area contributed by atoms with Crippen molar-refractivity contribution in [2.24, 2.45) is 18.2 Å². The van der Waals surface area contributed by atoms with Gasteiger partial charge in [-0.15, -0.1) is 0 Å². The fourth-order valence-electron chi connectivity index (χ4n) is 3.13. The van der Waals surface area contributed by atoms with Crippen molar-refractivity contribution in [3.63, 3.8) is 0 Å². The van der Waals surface area contributed by atoms with Crippen molar-refractivity contribution in [3.05, 3.63) is 18.0 Å². The quantitative estimate of drug-likeness (QED) is 0.865. The van der Waals surface area contributed by atoms with Gasteiger partial charge in [-0.25, -0.2) is 0 Å². The summed E-state index contributed by atoms with van der Waals surface area (Å²) >= 11 is 0. The minimum absolute atomic E-state index is 0.149. The minimum Gasteiger partial charge on any atom is -0.388 e. The number of nitrogens with zero attached hydrogens (tertiary/aromatic N) is 2. The summed E-state index contributed by atoms with van der Waals surface area (Å²) in [6.45, 7) is 0.559. The Morgan fingerprint density at radius 3 is 2.44 bits per heavy atom. The highest BCUT2D eigenvalue weighted by Gasteiger charge is 2.37. The van der Waals surface area contributed by atoms with Crippen molar-refractivity contribution in [1.29, 1.82) is 0 Å². The minimum atomic E-state index is -0.478. The first-order chi connectivity index (χ1) is 8.68. The number of aromatic nitrogens is 2. The van der Waals surface area contributed by atoms with Crippen LogP contribution in [0.3, 0.4) is 0 Å².